The Morgan fingerprint density at radius 3 is 2.46 bits per heavy atom. The van der Waals surface area contributed by atoms with Crippen LogP contribution in [0, 0.1) is 23.5 Å². The Bertz CT molecular complexity index is 1260. The quantitative estimate of drug-likeness (QED) is 0.446. The van der Waals surface area contributed by atoms with E-state index in [1.165, 1.54) is 24.3 Å². The molecule has 0 aromatic heterocycles. The average Bonchev–Trinajstić information content (AvgIpc) is 2.83. The molecule has 0 radical (unpaired) electrons. The van der Waals surface area contributed by atoms with Gasteiger partial charge in [0, 0.05) is 29.9 Å². The number of carbonyl (C=O) groups is 1. The molecule has 4 atom stereocenters. The molecule has 204 valence electrons. The number of amides is 1. The fraction of sp³-hybridized carbons (Fsp3) is 0.519. The Kier molecular flexibility index (Phi) is 9.05. The number of carbonyl (C=O) groups excluding carboxylic acids is 1. The van der Waals surface area contributed by atoms with Gasteiger partial charge in [0.2, 0.25) is 0 Å². The van der Waals surface area contributed by atoms with Crippen molar-refractivity contribution in [3.63, 3.8) is 0 Å². The van der Waals surface area contributed by atoms with Crippen LogP contribution >= 0.6 is 11.6 Å². The Hall–Kier alpha value is -2.07. The Labute approximate surface area is 222 Å². The number of nitrogens with one attached hydrogen (secondary N) is 1. The van der Waals surface area contributed by atoms with E-state index < -0.39 is 38.2 Å². The average molecular weight is 557 g/mol. The summed E-state index contributed by atoms with van der Waals surface area (Å²) in [6, 6.07) is 7.09. The van der Waals surface area contributed by atoms with Gasteiger partial charge in [0.1, 0.15) is 0 Å². The van der Waals surface area contributed by atoms with Crippen LogP contribution in [0.5, 0.6) is 0 Å². The fourth-order valence-corrected chi connectivity index (χ4v) is 7.54. The molecule has 0 spiro atoms. The SMILES string of the molecule is CC[C@@H]1C[C@@H](S(=O)(=O)c2cc(C(=O)Nc3ccc(F)c(F)c3)ccc2Cl)C[C@H](C)[C@@]1(O)CN(C)C(C)C. The number of aliphatic hydroxyl groups is 1. The molecule has 1 fully saturated rings. The third-order valence-electron chi connectivity index (χ3n) is 7.72. The van der Waals surface area contributed by atoms with E-state index in [-0.39, 0.29) is 51.9 Å². The van der Waals surface area contributed by atoms with Crippen LogP contribution in [0.4, 0.5) is 14.5 Å². The van der Waals surface area contributed by atoms with E-state index in [0.29, 0.717) is 13.0 Å². The van der Waals surface area contributed by atoms with Gasteiger partial charge in [0.25, 0.3) is 5.91 Å². The minimum atomic E-state index is -3.95. The van der Waals surface area contributed by atoms with Crippen LogP contribution in [0.2, 0.25) is 5.02 Å². The predicted molar refractivity (Wildman–Crippen MR) is 142 cm³/mol. The van der Waals surface area contributed by atoms with Crippen molar-refractivity contribution >= 4 is 33.0 Å². The van der Waals surface area contributed by atoms with E-state index >= 15 is 0 Å². The second-order valence-corrected chi connectivity index (χ2v) is 13.0. The number of nitrogens with zero attached hydrogens (tertiary/aromatic N) is 1. The molecule has 0 heterocycles. The molecule has 1 amide bonds. The molecule has 10 heteroatoms. The van der Waals surface area contributed by atoms with Crippen molar-refractivity contribution in [2.75, 3.05) is 18.9 Å². The van der Waals surface area contributed by atoms with E-state index in [2.05, 4.69) is 10.2 Å². The number of sulfone groups is 1. The van der Waals surface area contributed by atoms with Crippen molar-refractivity contribution in [2.45, 2.75) is 68.7 Å². The van der Waals surface area contributed by atoms with Gasteiger partial charge in [-0.1, -0.05) is 31.9 Å². The maximum Gasteiger partial charge on any atom is 0.255 e. The van der Waals surface area contributed by atoms with E-state index in [1.807, 2.05) is 34.7 Å². The standard InChI is InChI=1S/C27H35ClF2N2O4S/c1-6-19-13-21(11-17(4)27(19,34)15-32(5)16(2)3)37(35,36)25-12-18(7-9-22(25)28)26(33)31-20-8-10-23(29)24(30)14-20/h7-10,12,14,16-17,19,21,34H,6,11,13,15H2,1-5H3,(H,31,33)/t17-,19+,21-,27-/m0/s1. The highest BCUT2D eigenvalue weighted by molar-refractivity contribution is 7.92. The van der Waals surface area contributed by atoms with Gasteiger partial charge in [-0.25, -0.2) is 17.2 Å². The normalized spacial score (nSPS) is 24.5. The summed E-state index contributed by atoms with van der Waals surface area (Å²) in [6.07, 6.45) is 1.14. The Morgan fingerprint density at radius 2 is 1.86 bits per heavy atom. The van der Waals surface area contributed by atoms with Gasteiger partial charge in [-0.3, -0.25) is 4.79 Å². The maximum atomic E-state index is 13.8. The highest BCUT2D eigenvalue weighted by Crippen LogP contribution is 2.45. The molecule has 0 unspecified atom stereocenters. The fourth-order valence-electron chi connectivity index (χ4n) is 5.08. The first-order chi connectivity index (χ1) is 17.2. The van der Waals surface area contributed by atoms with E-state index in [9.17, 15) is 27.1 Å². The molecule has 2 N–H and O–H groups in total. The van der Waals surface area contributed by atoms with Crippen molar-refractivity contribution in [2.24, 2.45) is 11.8 Å². The molecule has 0 bridgehead atoms. The minimum absolute atomic E-state index is 0.00884. The first-order valence-corrected chi connectivity index (χ1v) is 14.4. The molecular formula is C27H35ClF2N2O4S. The number of hydrogen-bond donors (Lipinski definition) is 2. The number of likely N-dealkylation sites (N-methyl/N-ethyl adjacent to an activating group) is 1. The van der Waals surface area contributed by atoms with Crippen LogP contribution in [0.3, 0.4) is 0 Å². The predicted octanol–water partition coefficient (Wildman–Crippen LogP) is 5.54. The van der Waals surface area contributed by atoms with Crippen molar-refractivity contribution in [3.8, 4) is 0 Å². The van der Waals surface area contributed by atoms with Crippen molar-refractivity contribution in [3.05, 3.63) is 58.6 Å². The molecular weight excluding hydrogens is 522 g/mol. The topological polar surface area (TPSA) is 86.7 Å². The molecule has 3 rings (SSSR count). The number of halogens is 3. The van der Waals surface area contributed by atoms with Gasteiger partial charge in [-0.15, -0.1) is 0 Å². The van der Waals surface area contributed by atoms with Gasteiger partial charge >= 0.3 is 0 Å². The first kappa shape index (κ1) is 29.5. The molecule has 2 aromatic rings. The van der Waals surface area contributed by atoms with Crippen LogP contribution in [-0.4, -0.2) is 54.8 Å². The van der Waals surface area contributed by atoms with Gasteiger partial charge in [0.05, 0.1) is 20.8 Å². The zero-order chi connectivity index (χ0) is 27.7. The molecule has 0 saturated heterocycles. The summed E-state index contributed by atoms with van der Waals surface area (Å²) in [5.74, 6) is -3.38. The Morgan fingerprint density at radius 1 is 1.19 bits per heavy atom. The lowest BCUT2D eigenvalue weighted by Crippen LogP contribution is -2.57. The largest absolute Gasteiger partial charge is 0.388 e. The number of hydrogen-bond acceptors (Lipinski definition) is 5. The summed E-state index contributed by atoms with van der Waals surface area (Å²) in [4.78, 5) is 14.7. The highest BCUT2D eigenvalue weighted by Gasteiger charge is 2.50. The zero-order valence-electron chi connectivity index (χ0n) is 21.8. The summed E-state index contributed by atoms with van der Waals surface area (Å²) in [5, 5.41) is 13.3. The summed E-state index contributed by atoms with van der Waals surface area (Å²) >= 11 is 6.31. The van der Waals surface area contributed by atoms with Crippen LogP contribution in [0.25, 0.3) is 0 Å². The summed E-state index contributed by atoms with van der Waals surface area (Å²) in [7, 11) is -2.01. The van der Waals surface area contributed by atoms with E-state index in [0.717, 1.165) is 12.1 Å². The number of anilines is 1. The Balaban J connectivity index is 1.88. The second-order valence-electron chi connectivity index (χ2n) is 10.4. The molecule has 1 saturated carbocycles. The zero-order valence-corrected chi connectivity index (χ0v) is 23.3. The molecule has 37 heavy (non-hydrogen) atoms. The lowest BCUT2D eigenvalue weighted by atomic mass is 9.67. The lowest BCUT2D eigenvalue weighted by Gasteiger charge is -2.49. The molecule has 6 nitrogen and oxygen atoms in total. The van der Waals surface area contributed by atoms with Gasteiger partial charge in [0.15, 0.2) is 21.5 Å². The van der Waals surface area contributed by atoms with Gasteiger partial charge in [-0.2, -0.15) is 0 Å². The molecule has 2 aromatic carbocycles. The first-order valence-electron chi connectivity index (χ1n) is 12.4. The third-order valence-corrected chi connectivity index (χ3v) is 10.4. The van der Waals surface area contributed by atoms with Gasteiger partial charge < -0.3 is 15.3 Å². The summed E-state index contributed by atoms with van der Waals surface area (Å²) in [5.41, 5.74) is -0.991. The lowest BCUT2D eigenvalue weighted by molar-refractivity contribution is -0.108. The summed E-state index contributed by atoms with van der Waals surface area (Å²) < 4.78 is 54.3. The van der Waals surface area contributed by atoms with Crippen molar-refractivity contribution in [1.82, 2.24) is 4.90 Å². The molecule has 1 aliphatic rings. The van der Waals surface area contributed by atoms with E-state index in [1.54, 1.807) is 0 Å². The van der Waals surface area contributed by atoms with Crippen LogP contribution < -0.4 is 5.32 Å². The number of benzene rings is 2. The third kappa shape index (κ3) is 6.16. The smallest absolute Gasteiger partial charge is 0.255 e. The molecule has 0 aliphatic heterocycles. The van der Waals surface area contributed by atoms with Crippen LogP contribution in [-0.2, 0) is 9.84 Å². The van der Waals surface area contributed by atoms with Crippen molar-refractivity contribution in [1.29, 1.82) is 0 Å². The molecule has 1 aliphatic carbocycles. The minimum Gasteiger partial charge on any atom is -0.388 e. The van der Waals surface area contributed by atoms with Crippen LogP contribution in [0.15, 0.2) is 41.3 Å². The van der Waals surface area contributed by atoms with E-state index in [4.69, 9.17) is 11.6 Å². The second kappa shape index (κ2) is 11.4. The number of rotatable bonds is 8. The summed E-state index contributed by atoms with van der Waals surface area (Å²) in [6.45, 7) is 8.36. The van der Waals surface area contributed by atoms with Crippen molar-refractivity contribution < 1.29 is 27.1 Å². The van der Waals surface area contributed by atoms with Crippen LogP contribution in [0.1, 0.15) is 57.3 Å². The maximum absolute atomic E-state index is 13.8. The highest BCUT2D eigenvalue weighted by atomic mass is 35.5. The monoisotopic (exact) mass is 556 g/mol. The van der Waals surface area contributed by atoms with Gasteiger partial charge in [-0.05, 0) is 75.9 Å².